The Labute approximate surface area is 189 Å². The lowest BCUT2D eigenvalue weighted by Gasteiger charge is -2.11. The zero-order chi connectivity index (χ0) is 23.2. The predicted octanol–water partition coefficient (Wildman–Crippen LogP) is 4.21. The van der Waals surface area contributed by atoms with E-state index < -0.39 is 18.4 Å². The van der Waals surface area contributed by atoms with Crippen LogP contribution in [0.25, 0.3) is 22.3 Å². The number of H-pyrrole nitrogens is 1. The van der Waals surface area contributed by atoms with Crippen molar-refractivity contribution in [2.45, 2.75) is 38.0 Å². The number of halogens is 2. The van der Waals surface area contributed by atoms with Gasteiger partial charge in [-0.25, -0.2) is 13.8 Å². The molecule has 7 nitrogen and oxygen atoms in total. The number of fused-ring (bicyclic) bond motifs is 1. The zero-order valence-electron chi connectivity index (χ0n) is 18.4. The number of nitrogens with one attached hydrogen (secondary N) is 2. The smallest absolute Gasteiger partial charge is 0.262 e. The monoisotopic (exact) mass is 450 g/mol. The normalized spacial score (nSPS) is 14.1. The average Bonchev–Trinajstić information content (AvgIpc) is 3.39. The van der Waals surface area contributed by atoms with Crippen molar-refractivity contribution in [1.29, 1.82) is 0 Å². The number of hydrogen-bond acceptors (Lipinski definition) is 4. The maximum Gasteiger partial charge on any atom is 0.262 e. The highest BCUT2D eigenvalue weighted by atomic mass is 19.3. The van der Waals surface area contributed by atoms with Crippen LogP contribution in [0.2, 0.25) is 0 Å². The van der Waals surface area contributed by atoms with Gasteiger partial charge in [0.25, 0.3) is 11.8 Å². The van der Waals surface area contributed by atoms with Gasteiger partial charge in [-0.05, 0) is 48.1 Å². The topological polar surface area (TPSA) is 88.5 Å². The molecule has 4 aromatic rings. The van der Waals surface area contributed by atoms with Crippen LogP contribution in [0.3, 0.4) is 0 Å². The minimum absolute atomic E-state index is 0.307. The van der Waals surface area contributed by atoms with Crippen molar-refractivity contribution in [3.63, 3.8) is 0 Å². The van der Waals surface area contributed by atoms with Crippen molar-refractivity contribution in [3.8, 4) is 11.4 Å². The second-order valence-electron chi connectivity index (χ2n) is 8.73. The molecule has 5 rings (SSSR count). The molecule has 1 amide bonds. The molecule has 2 N–H and O–H groups in total. The molecular formula is C24H24F2N6O. The Balaban J connectivity index is 1.36. The molecule has 1 aliphatic carbocycles. The third-order valence-electron chi connectivity index (χ3n) is 5.91. The molecule has 0 unspecified atom stereocenters. The third-order valence-corrected chi connectivity index (χ3v) is 5.91. The second-order valence-corrected chi connectivity index (χ2v) is 8.73. The average molecular weight is 450 g/mol. The van der Waals surface area contributed by atoms with Crippen LogP contribution in [0.4, 0.5) is 8.78 Å². The Bertz CT molecular complexity index is 1320. The Morgan fingerprint density at radius 1 is 1.21 bits per heavy atom. The molecule has 0 bridgehead atoms. The number of amides is 1. The number of aryl methyl sites for hydroxylation is 1. The molecule has 1 fully saturated rings. The van der Waals surface area contributed by atoms with Crippen molar-refractivity contribution in [2.24, 2.45) is 7.05 Å². The number of alkyl halides is 2. The number of hydrogen-bond donors (Lipinski definition) is 2. The molecule has 0 saturated heterocycles. The van der Waals surface area contributed by atoms with E-state index in [1.165, 1.54) is 29.4 Å². The van der Waals surface area contributed by atoms with Crippen molar-refractivity contribution in [1.82, 2.24) is 30.3 Å². The fourth-order valence-electron chi connectivity index (χ4n) is 4.06. The van der Waals surface area contributed by atoms with Gasteiger partial charge in [0.05, 0.1) is 18.3 Å². The Morgan fingerprint density at radius 2 is 1.97 bits per heavy atom. The number of aromatic nitrogens is 5. The van der Waals surface area contributed by atoms with Crippen LogP contribution in [-0.2, 0) is 13.5 Å². The first-order chi connectivity index (χ1) is 15.8. The fraction of sp³-hybridized carbons (Fsp3) is 0.333. The summed E-state index contributed by atoms with van der Waals surface area (Å²) in [7, 11) is 1.87. The molecule has 0 atom stereocenters. The van der Waals surface area contributed by atoms with E-state index in [1.54, 1.807) is 28.9 Å². The van der Waals surface area contributed by atoms with Gasteiger partial charge in [-0.2, -0.15) is 10.2 Å². The maximum absolute atomic E-state index is 13.0. The van der Waals surface area contributed by atoms with Crippen LogP contribution >= 0.6 is 0 Å². The lowest BCUT2D eigenvalue weighted by molar-refractivity contribution is 0.0221. The molecule has 2 heterocycles. The minimum Gasteiger partial charge on any atom is -0.346 e. The molecule has 170 valence electrons. The van der Waals surface area contributed by atoms with Gasteiger partial charge in [-0.1, -0.05) is 18.2 Å². The first kappa shape index (κ1) is 21.2. The summed E-state index contributed by atoms with van der Waals surface area (Å²) in [4.78, 5) is 16.8. The zero-order valence-corrected chi connectivity index (χ0v) is 18.4. The molecule has 2 aromatic heterocycles. The van der Waals surface area contributed by atoms with Crippen molar-refractivity contribution in [2.75, 3.05) is 6.54 Å². The van der Waals surface area contributed by atoms with Crippen LogP contribution < -0.4 is 5.32 Å². The highest BCUT2D eigenvalue weighted by molar-refractivity contribution is 5.94. The first-order valence-electron chi connectivity index (χ1n) is 10.9. The van der Waals surface area contributed by atoms with Crippen LogP contribution in [-0.4, -0.2) is 43.3 Å². The number of carbonyl (C=O) groups is 1. The molecule has 1 aliphatic rings. The molecule has 1 saturated carbocycles. The Kier molecular flexibility index (Phi) is 5.19. The summed E-state index contributed by atoms with van der Waals surface area (Å²) in [6, 6.07) is 10.8. The van der Waals surface area contributed by atoms with E-state index in [1.807, 2.05) is 13.2 Å². The minimum atomic E-state index is -2.95. The van der Waals surface area contributed by atoms with Gasteiger partial charge in [0.15, 0.2) is 5.82 Å². The number of benzene rings is 2. The van der Waals surface area contributed by atoms with Gasteiger partial charge in [0.2, 0.25) is 0 Å². The quantitative estimate of drug-likeness (QED) is 0.441. The first-order valence-corrected chi connectivity index (χ1v) is 10.9. The van der Waals surface area contributed by atoms with Crippen molar-refractivity contribution < 1.29 is 13.6 Å². The molecular weight excluding hydrogens is 426 g/mol. The number of aromatic amines is 1. The summed E-state index contributed by atoms with van der Waals surface area (Å²) in [6.45, 7) is 0.0633. The van der Waals surface area contributed by atoms with Gasteiger partial charge >= 0.3 is 0 Å². The number of carbonyl (C=O) groups excluding carboxylic acids is 1. The lowest BCUT2D eigenvalue weighted by Crippen LogP contribution is -2.34. The number of rotatable bonds is 7. The SMILES string of the molecule is Cn1nc(-c2ccc(C(=O)NCC(C)(F)F)cc2)nc1Cc1ccc2[nH]ncc2c1C1CC1. The van der Waals surface area contributed by atoms with E-state index >= 15 is 0 Å². The molecule has 33 heavy (non-hydrogen) atoms. The molecule has 9 heteroatoms. The third kappa shape index (κ3) is 4.48. The van der Waals surface area contributed by atoms with Crippen LogP contribution in [0.5, 0.6) is 0 Å². The van der Waals surface area contributed by atoms with Crippen LogP contribution in [0.15, 0.2) is 42.6 Å². The number of nitrogens with zero attached hydrogens (tertiary/aromatic N) is 4. The van der Waals surface area contributed by atoms with Crippen LogP contribution in [0, 0.1) is 0 Å². The van der Waals surface area contributed by atoms with Gasteiger partial charge < -0.3 is 5.32 Å². The van der Waals surface area contributed by atoms with Crippen LogP contribution in [0.1, 0.15) is 53.0 Å². The fourth-order valence-corrected chi connectivity index (χ4v) is 4.06. The molecule has 0 spiro atoms. The van der Waals surface area contributed by atoms with Crippen molar-refractivity contribution in [3.05, 3.63) is 65.1 Å². The van der Waals surface area contributed by atoms with Gasteiger partial charge in [-0.15, -0.1) is 0 Å². The van der Waals surface area contributed by atoms with Gasteiger partial charge in [0, 0.05) is 36.9 Å². The van der Waals surface area contributed by atoms with Crippen molar-refractivity contribution >= 4 is 16.8 Å². The van der Waals surface area contributed by atoms with Gasteiger partial charge in [-0.3, -0.25) is 14.6 Å². The summed E-state index contributed by atoms with van der Waals surface area (Å²) >= 11 is 0. The molecule has 2 aromatic carbocycles. The largest absolute Gasteiger partial charge is 0.346 e. The van der Waals surface area contributed by atoms with E-state index in [2.05, 4.69) is 32.7 Å². The van der Waals surface area contributed by atoms with Gasteiger partial charge in [0.1, 0.15) is 5.82 Å². The second kappa shape index (κ2) is 8.06. The summed E-state index contributed by atoms with van der Waals surface area (Å²) in [6.07, 6.45) is 4.93. The van der Waals surface area contributed by atoms with E-state index in [4.69, 9.17) is 4.98 Å². The summed E-state index contributed by atoms with van der Waals surface area (Å²) in [5.41, 5.74) is 4.68. The predicted molar refractivity (Wildman–Crippen MR) is 120 cm³/mol. The molecule has 0 radical (unpaired) electrons. The molecule has 0 aliphatic heterocycles. The lowest BCUT2D eigenvalue weighted by atomic mass is 9.97. The van der Waals surface area contributed by atoms with E-state index in [9.17, 15) is 13.6 Å². The summed E-state index contributed by atoms with van der Waals surface area (Å²) in [5, 5.41) is 15.2. The van der Waals surface area contributed by atoms with E-state index in [0.717, 1.165) is 23.8 Å². The summed E-state index contributed by atoms with van der Waals surface area (Å²) in [5.74, 6) is -1.54. The highest BCUT2D eigenvalue weighted by Crippen LogP contribution is 2.45. The standard InChI is InChI=1S/C24H24F2N6O/c1-24(25,26)13-27-23(33)16-7-5-15(6-8-16)22-29-20(32(2)31-22)11-17-9-10-19-18(12-28-30-19)21(17)14-3-4-14/h5-10,12,14H,3-4,11,13H2,1-2H3,(H,27,33)(H,28,30). The Morgan fingerprint density at radius 3 is 2.67 bits per heavy atom. The highest BCUT2D eigenvalue weighted by Gasteiger charge is 2.29. The van der Waals surface area contributed by atoms with E-state index in [-0.39, 0.29) is 0 Å². The maximum atomic E-state index is 13.0. The van der Waals surface area contributed by atoms with E-state index in [0.29, 0.717) is 23.7 Å². The Hall–Kier alpha value is -3.62. The summed E-state index contributed by atoms with van der Waals surface area (Å²) < 4.78 is 27.7.